The first-order valence-electron chi connectivity index (χ1n) is 8.37. The Balaban J connectivity index is 1.49. The van der Waals surface area contributed by atoms with Crippen LogP contribution < -0.4 is 15.0 Å². The lowest BCUT2D eigenvalue weighted by molar-refractivity contribution is -0.115. The van der Waals surface area contributed by atoms with Crippen molar-refractivity contribution in [3.8, 4) is 5.75 Å². The number of nitrogens with one attached hydrogen (secondary N) is 1. The van der Waals surface area contributed by atoms with Crippen LogP contribution in [0.5, 0.6) is 5.75 Å². The molecule has 1 aromatic heterocycles. The monoisotopic (exact) mass is 385 g/mol. The number of methoxy groups -OCH3 is 1. The van der Waals surface area contributed by atoms with Crippen molar-refractivity contribution in [2.45, 2.75) is 17.1 Å². The third kappa shape index (κ3) is 3.50. The van der Waals surface area contributed by atoms with Crippen molar-refractivity contribution in [3.63, 3.8) is 0 Å². The normalized spacial score (nSPS) is 16.4. The van der Waals surface area contributed by atoms with E-state index in [9.17, 15) is 4.79 Å². The van der Waals surface area contributed by atoms with E-state index < -0.39 is 0 Å². The Morgan fingerprint density at radius 3 is 3.04 bits per heavy atom. The van der Waals surface area contributed by atoms with Gasteiger partial charge in [0.2, 0.25) is 5.91 Å². The van der Waals surface area contributed by atoms with Gasteiger partial charge in [-0.2, -0.15) is 0 Å². The molecule has 0 radical (unpaired) electrons. The van der Waals surface area contributed by atoms with Crippen LogP contribution in [0.4, 0.5) is 10.8 Å². The van der Waals surface area contributed by atoms with Gasteiger partial charge in [0.05, 0.1) is 29.6 Å². The minimum absolute atomic E-state index is 0.0510. The second-order valence-corrected chi connectivity index (χ2v) is 8.69. The molecular weight excluding hydrogens is 366 g/mol. The van der Waals surface area contributed by atoms with Gasteiger partial charge in [-0.1, -0.05) is 30.4 Å². The molecule has 0 aliphatic carbocycles. The number of para-hydroxylation sites is 1. The molecule has 0 spiro atoms. The second-order valence-electron chi connectivity index (χ2n) is 6.18. The largest absolute Gasteiger partial charge is 0.497 e. The van der Waals surface area contributed by atoms with E-state index in [1.54, 1.807) is 7.11 Å². The van der Waals surface area contributed by atoms with Gasteiger partial charge in [0.1, 0.15) is 5.75 Å². The van der Waals surface area contributed by atoms with Gasteiger partial charge in [0, 0.05) is 16.7 Å². The van der Waals surface area contributed by atoms with Crippen LogP contribution in [0.2, 0.25) is 0 Å². The van der Waals surface area contributed by atoms with E-state index >= 15 is 0 Å². The lowest BCUT2D eigenvalue weighted by Gasteiger charge is -2.33. The van der Waals surface area contributed by atoms with Gasteiger partial charge in [-0.3, -0.25) is 4.79 Å². The molecule has 3 aromatic rings. The van der Waals surface area contributed by atoms with E-state index in [-0.39, 0.29) is 5.91 Å². The van der Waals surface area contributed by atoms with Crippen LogP contribution in [0.25, 0.3) is 10.2 Å². The standard InChI is InChI=1S/C19H19N3O2S2/c1-12-10-22(15-5-3-4-6-16(15)25-12)11-18(23)21-19-20-14-8-7-13(24-2)9-17(14)26-19/h3-9,12H,10-11H2,1-2H3,(H,20,21,23)/t12-/m0/s1. The van der Waals surface area contributed by atoms with Crippen molar-refractivity contribution in [3.05, 3.63) is 42.5 Å². The smallest absolute Gasteiger partial charge is 0.245 e. The number of thioether (sulfide) groups is 1. The van der Waals surface area contributed by atoms with E-state index in [1.165, 1.54) is 16.2 Å². The lowest BCUT2D eigenvalue weighted by Crippen LogP contribution is -2.39. The van der Waals surface area contributed by atoms with E-state index in [0.29, 0.717) is 16.9 Å². The van der Waals surface area contributed by atoms with Crippen molar-refractivity contribution in [2.24, 2.45) is 0 Å². The molecular formula is C19H19N3O2S2. The number of carbonyl (C=O) groups is 1. The van der Waals surface area contributed by atoms with Gasteiger partial charge < -0.3 is 15.0 Å². The zero-order valence-electron chi connectivity index (χ0n) is 14.6. The fourth-order valence-corrected chi connectivity index (χ4v) is 5.12. The number of carbonyl (C=O) groups excluding carboxylic acids is 1. The fourth-order valence-electron chi connectivity index (χ4n) is 3.05. The number of anilines is 2. The summed E-state index contributed by atoms with van der Waals surface area (Å²) >= 11 is 3.32. The number of ether oxygens (including phenoxy) is 1. The van der Waals surface area contributed by atoms with Gasteiger partial charge in [0.25, 0.3) is 0 Å². The number of rotatable bonds is 4. The van der Waals surface area contributed by atoms with E-state index in [2.05, 4.69) is 34.3 Å². The van der Waals surface area contributed by atoms with Crippen molar-refractivity contribution in [1.29, 1.82) is 0 Å². The third-order valence-electron chi connectivity index (χ3n) is 4.19. The first-order valence-corrected chi connectivity index (χ1v) is 10.1. The molecule has 2 aromatic carbocycles. The molecule has 7 heteroatoms. The highest BCUT2D eigenvalue weighted by molar-refractivity contribution is 8.00. The number of thiazole rings is 1. The minimum Gasteiger partial charge on any atom is -0.497 e. The number of nitrogens with zero attached hydrogens (tertiary/aromatic N) is 2. The maximum atomic E-state index is 12.6. The summed E-state index contributed by atoms with van der Waals surface area (Å²) in [6.07, 6.45) is 0. The van der Waals surface area contributed by atoms with Gasteiger partial charge in [0.15, 0.2) is 5.13 Å². The van der Waals surface area contributed by atoms with Crippen molar-refractivity contribution in [2.75, 3.05) is 30.4 Å². The predicted molar refractivity (Wildman–Crippen MR) is 109 cm³/mol. The second kappa shape index (κ2) is 7.17. The Morgan fingerprint density at radius 1 is 1.35 bits per heavy atom. The van der Waals surface area contributed by atoms with E-state index in [1.807, 2.05) is 42.1 Å². The van der Waals surface area contributed by atoms with Crippen LogP contribution in [0, 0.1) is 0 Å². The Hall–Kier alpha value is -2.25. The maximum absolute atomic E-state index is 12.6. The summed E-state index contributed by atoms with van der Waals surface area (Å²) in [6.45, 7) is 3.36. The molecule has 1 aliphatic heterocycles. The molecule has 0 bridgehead atoms. The molecule has 1 aliphatic rings. The van der Waals surface area contributed by atoms with Crippen LogP contribution in [0.3, 0.4) is 0 Å². The van der Waals surface area contributed by atoms with Gasteiger partial charge in [-0.25, -0.2) is 4.98 Å². The minimum atomic E-state index is -0.0510. The zero-order valence-corrected chi connectivity index (χ0v) is 16.2. The third-order valence-corrected chi connectivity index (χ3v) is 6.27. The van der Waals surface area contributed by atoms with Gasteiger partial charge in [-0.05, 0) is 30.3 Å². The summed E-state index contributed by atoms with van der Waals surface area (Å²) in [4.78, 5) is 20.4. The molecule has 0 fully saturated rings. The molecule has 0 saturated heterocycles. The Labute approximate surface area is 160 Å². The predicted octanol–water partition coefficient (Wildman–Crippen LogP) is 4.24. The Kier molecular flexibility index (Phi) is 4.74. The van der Waals surface area contributed by atoms with Crippen molar-refractivity contribution >= 4 is 50.0 Å². The van der Waals surface area contributed by atoms with Crippen LogP contribution in [0.15, 0.2) is 47.4 Å². The SMILES string of the molecule is COc1ccc2nc(NC(=O)CN3C[C@H](C)Sc4ccccc43)sc2c1. The van der Waals surface area contributed by atoms with Crippen LogP contribution in [0.1, 0.15) is 6.92 Å². The number of amides is 1. The average molecular weight is 386 g/mol. The number of aromatic nitrogens is 1. The summed E-state index contributed by atoms with van der Waals surface area (Å²) < 4.78 is 6.23. The highest BCUT2D eigenvalue weighted by atomic mass is 32.2. The first kappa shape index (κ1) is 17.2. The van der Waals surface area contributed by atoms with Crippen LogP contribution >= 0.6 is 23.1 Å². The number of hydrogen-bond donors (Lipinski definition) is 1. The molecule has 1 atom stereocenters. The van der Waals surface area contributed by atoms with E-state index in [0.717, 1.165) is 28.2 Å². The maximum Gasteiger partial charge on any atom is 0.245 e. The van der Waals surface area contributed by atoms with Gasteiger partial charge >= 0.3 is 0 Å². The molecule has 1 N–H and O–H groups in total. The van der Waals surface area contributed by atoms with Crippen LogP contribution in [-0.2, 0) is 4.79 Å². The topological polar surface area (TPSA) is 54.5 Å². The molecule has 0 saturated carbocycles. The molecule has 0 unspecified atom stereocenters. The van der Waals surface area contributed by atoms with Crippen molar-refractivity contribution in [1.82, 2.24) is 4.98 Å². The summed E-state index contributed by atoms with van der Waals surface area (Å²) in [7, 11) is 1.64. The Bertz CT molecular complexity index is 957. The number of fused-ring (bicyclic) bond motifs is 2. The number of benzene rings is 2. The summed E-state index contributed by atoms with van der Waals surface area (Å²) in [5.74, 6) is 0.736. The molecule has 1 amide bonds. The highest BCUT2D eigenvalue weighted by Gasteiger charge is 2.24. The fraction of sp³-hybridized carbons (Fsp3) is 0.263. The zero-order chi connectivity index (χ0) is 18.1. The molecule has 26 heavy (non-hydrogen) atoms. The van der Waals surface area contributed by atoms with Crippen molar-refractivity contribution < 1.29 is 9.53 Å². The summed E-state index contributed by atoms with van der Waals surface area (Å²) in [6, 6.07) is 14.0. The van der Waals surface area contributed by atoms with E-state index in [4.69, 9.17) is 4.74 Å². The molecule has 5 nitrogen and oxygen atoms in total. The lowest BCUT2D eigenvalue weighted by atomic mass is 10.2. The summed E-state index contributed by atoms with van der Waals surface area (Å²) in [5, 5.41) is 4.01. The average Bonchev–Trinajstić information content (AvgIpc) is 3.02. The Morgan fingerprint density at radius 2 is 2.19 bits per heavy atom. The molecule has 4 rings (SSSR count). The number of hydrogen-bond acceptors (Lipinski definition) is 6. The first-order chi connectivity index (χ1) is 12.6. The quantitative estimate of drug-likeness (QED) is 0.728. The molecule has 134 valence electrons. The van der Waals surface area contributed by atoms with Crippen LogP contribution in [-0.4, -0.2) is 36.3 Å². The highest BCUT2D eigenvalue weighted by Crippen LogP contribution is 2.38. The molecule has 2 heterocycles. The van der Waals surface area contributed by atoms with Gasteiger partial charge in [-0.15, -0.1) is 11.8 Å². The summed E-state index contributed by atoms with van der Waals surface area (Å²) in [5.41, 5.74) is 1.99.